The van der Waals surface area contributed by atoms with Crippen molar-refractivity contribution < 1.29 is 32.2 Å². The molecule has 154 valence electrons. The smallest absolute Gasteiger partial charge is 0.343 e. The second kappa shape index (κ2) is 7.66. The van der Waals surface area contributed by atoms with E-state index in [4.69, 9.17) is 18.9 Å². The van der Waals surface area contributed by atoms with E-state index >= 15 is 0 Å². The largest absolute Gasteiger partial charge is 0.454 e. The fourth-order valence-electron chi connectivity index (χ4n) is 3.35. The molecule has 0 aliphatic carbocycles. The Labute approximate surface area is 169 Å². The SMILES string of the molecule is C[C@H]1CN(S(=O)(=O)c2ccc(C(=O)Oc3ccc4c(c3)OCO4)cc2)C[C@H](C)O1. The number of rotatable bonds is 4. The number of sulfonamides is 1. The highest BCUT2D eigenvalue weighted by Gasteiger charge is 2.32. The number of fused-ring (bicyclic) bond motifs is 1. The lowest BCUT2D eigenvalue weighted by molar-refractivity contribution is -0.0440. The summed E-state index contributed by atoms with van der Waals surface area (Å²) in [5, 5.41) is 0. The molecule has 0 unspecified atom stereocenters. The first kappa shape index (κ1) is 19.7. The van der Waals surface area contributed by atoms with E-state index in [2.05, 4.69) is 0 Å². The number of carbonyl (C=O) groups is 1. The van der Waals surface area contributed by atoms with E-state index in [-0.39, 0.29) is 29.5 Å². The van der Waals surface area contributed by atoms with Crippen LogP contribution in [0.3, 0.4) is 0 Å². The summed E-state index contributed by atoms with van der Waals surface area (Å²) in [5.41, 5.74) is 0.241. The molecule has 0 saturated carbocycles. The summed E-state index contributed by atoms with van der Waals surface area (Å²) in [5.74, 6) is 0.811. The third-order valence-electron chi connectivity index (χ3n) is 4.67. The third-order valence-corrected chi connectivity index (χ3v) is 6.51. The Kier molecular flexibility index (Phi) is 5.20. The number of esters is 1. The summed E-state index contributed by atoms with van der Waals surface area (Å²) in [6.45, 7) is 4.39. The van der Waals surface area contributed by atoms with Crippen molar-refractivity contribution in [2.75, 3.05) is 19.9 Å². The Bertz CT molecular complexity index is 1010. The molecule has 0 radical (unpaired) electrons. The van der Waals surface area contributed by atoms with Gasteiger partial charge < -0.3 is 18.9 Å². The second-order valence-corrected chi connectivity index (χ2v) is 8.95. The van der Waals surface area contributed by atoms with Gasteiger partial charge in [-0.05, 0) is 50.2 Å². The summed E-state index contributed by atoms with van der Waals surface area (Å²) in [7, 11) is -3.67. The van der Waals surface area contributed by atoms with Crippen molar-refractivity contribution in [3.05, 3.63) is 48.0 Å². The van der Waals surface area contributed by atoms with E-state index in [0.717, 1.165) is 0 Å². The second-order valence-electron chi connectivity index (χ2n) is 7.01. The number of ether oxygens (including phenoxy) is 4. The predicted molar refractivity (Wildman–Crippen MR) is 103 cm³/mol. The average Bonchev–Trinajstić information content (AvgIpc) is 3.15. The minimum Gasteiger partial charge on any atom is -0.454 e. The predicted octanol–water partition coefficient (Wildman–Crippen LogP) is 2.43. The van der Waals surface area contributed by atoms with Gasteiger partial charge in [-0.15, -0.1) is 0 Å². The van der Waals surface area contributed by atoms with Crippen molar-refractivity contribution in [1.29, 1.82) is 0 Å². The van der Waals surface area contributed by atoms with Crippen molar-refractivity contribution in [3.63, 3.8) is 0 Å². The Morgan fingerprint density at radius 2 is 1.66 bits per heavy atom. The van der Waals surface area contributed by atoms with Crippen LogP contribution >= 0.6 is 0 Å². The molecule has 2 aliphatic heterocycles. The van der Waals surface area contributed by atoms with Gasteiger partial charge in [-0.2, -0.15) is 4.31 Å². The van der Waals surface area contributed by atoms with Crippen LogP contribution < -0.4 is 14.2 Å². The maximum Gasteiger partial charge on any atom is 0.343 e. The summed E-state index contributed by atoms with van der Waals surface area (Å²) < 4.78 is 48.6. The van der Waals surface area contributed by atoms with Crippen LogP contribution in [0.1, 0.15) is 24.2 Å². The Balaban J connectivity index is 1.47. The number of benzene rings is 2. The zero-order valence-electron chi connectivity index (χ0n) is 16.0. The normalized spacial score (nSPS) is 21.7. The molecule has 2 aromatic rings. The first-order chi connectivity index (χ1) is 13.8. The van der Waals surface area contributed by atoms with E-state index in [9.17, 15) is 13.2 Å². The molecule has 0 N–H and O–H groups in total. The molecular weight excluding hydrogens is 398 g/mol. The molecule has 2 aliphatic rings. The van der Waals surface area contributed by atoms with E-state index in [1.807, 2.05) is 13.8 Å². The molecule has 2 aromatic carbocycles. The van der Waals surface area contributed by atoms with Crippen LogP contribution in [0.5, 0.6) is 17.2 Å². The van der Waals surface area contributed by atoms with E-state index in [0.29, 0.717) is 30.3 Å². The van der Waals surface area contributed by atoms with Crippen molar-refractivity contribution in [2.45, 2.75) is 31.0 Å². The molecule has 0 aromatic heterocycles. The van der Waals surface area contributed by atoms with Crippen molar-refractivity contribution >= 4 is 16.0 Å². The van der Waals surface area contributed by atoms with Crippen LogP contribution in [0.2, 0.25) is 0 Å². The molecule has 9 heteroatoms. The molecule has 0 bridgehead atoms. The Hall–Kier alpha value is -2.62. The molecule has 2 atom stereocenters. The summed E-state index contributed by atoms with van der Waals surface area (Å²) in [6.07, 6.45) is -0.353. The van der Waals surface area contributed by atoms with Crippen molar-refractivity contribution in [1.82, 2.24) is 4.31 Å². The molecular formula is C20H21NO7S. The maximum atomic E-state index is 12.9. The van der Waals surface area contributed by atoms with Gasteiger partial charge in [0.25, 0.3) is 0 Å². The summed E-state index contributed by atoms with van der Waals surface area (Å²) >= 11 is 0. The average molecular weight is 419 g/mol. The molecule has 8 nitrogen and oxygen atoms in total. The number of hydrogen-bond donors (Lipinski definition) is 0. The molecule has 29 heavy (non-hydrogen) atoms. The van der Waals surface area contributed by atoms with E-state index < -0.39 is 16.0 Å². The van der Waals surface area contributed by atoms with Gasteiger partial charge in [-0.25, -0.2) is 13.2 Å². The standard InChI is InChI=1S/C20H21NO7S/c1-13-10-21(11-14(2)27-13)29(23,24)17-6-3-15(4-7-17)20(22)28-16-5-8-18-19(9-16)26-12-25-18/h3-9,13-14H,10-12H2,1-2H3/t13-,14-/m0/s1. The summed E-state index contributed by atoms with van der Waals surface area (Å²) in [6, 6.07) is 10.5. The maximum absolute atomic E-state index is 12.9. The molecule has 1 fully saturated rings. The Morgan fingerprint density at radius 1 is 1.00 bits per heavy atom. The highest BCUT2D eigenvalue weighted by Crippen LogP contribution is 2.35. The topological polar surface area (TPSA) is 91.4 Å². The van der Waals surface area contributed by atoms with Crippen LogP contribution in [0.25, 0.3) is 0 Å². The molecule has 4 rings (SSSR count). The van der Waals surface area contributed by atoms with Crippen LogP contribution in [-0.4, -0.2) is 50.8 Å². The zero-order chi connectivity index (χ0) is 20.6. The highest BCUT2D eigenvalue weighted by atomic mass is 32.2. The lowest BCUT2D eigenvalue weighted by Gasteiger charge is -2.34. The third kappa shape index (κ3) is 4.07. The lowest BCUT2D eigenvalue weighted by atomic mass is 10.2. The fraction of sp³-hybridized carbons (Fsp3) is 0.350. The molecule has 1 saturated heterocycles. The number of morpholine rings is 1. The zero-order valence-corrected chi connectivity index (χ0v) is 16.8. The minimum absolute atomic E-state index is 0.124. The highest BCUT2D eigenvalue weighted by molar-refractivity contribution is 7.89. The van der Waals surface area contributed by atoms with Gasteiger partial charge in [0.2, 0.25) is 16.8 Å². The van der Waals surface area contributed by atoms with Gasteiger partial charge in [0.05, 0.1) is 22.7 Å². The first-order valence-electron chi connectivity index (χ1n) is 9.20. The van der Waals surface area contributed by atoms with Gasteiger partial charge in [-0.3, -0.25) is 0 Å². The number of nitrogens with zero attached hydrogens (tertiary/aromatic N) is 1. The first-order valence-corrected chi connectivity index (χ1v) is 10.6. The van der Waals surface area contributed by atoms with Crippen LogP contribution in [-0.2, 0) is 14.8 Å². The van der Waals surface area contributed by atoms with Crippen LogP contribution in [0.15, 0.2) is 47.4 Å². The van der Waals surface area contributed by atoms with Gasteiger partial charge >= 0.3 is 5.97 Å². The molecule has 2 heterocycles. The fourth-order valence-corrected chi connectivity index (χ4v) is 4.94. The van der Waals surface area contributed by atoms with Crippen LogP contribution in [0, 0.1) is 0 Å². The van der Waals surface area contributed by atoms with Crippen molar-refractivity contribution in [2.24, 2.45) is 0 Å². The van der Waals surface area contributed by atoms with E-state index in [1.165, 1.54) is 28.6 Å². The van der Waals surface area contributed by atoms with E-state index in [1.54, 1.807) is 18.2 Å². The molecule has 0 amide bonds. The van der Waals surface area contributed by atoms with Gasteiger partial charge in [-0.1, -0.05) is 0 Å². The van der Waals surface area contributed by atoms with Gasteiger partial charge in [0.15, 0.2) is 11.5 Å². The number of hydrogen-bond acceptors (Lipinski definition) is 7. The lowest BCUT2D eigenvalue weighted by Crippen LogP contribution is -2.48. The van der Waals surface area contributed by atoms with Crippen LogP contribution in [0.4, 0.5) is 0 Å². The van der Waals surface area contributed by atoms with Crippen molar-refractivity contribution in [3.8, 4) is 17.2 Å². The number of carbonyl (C=O) groups excluding carboxylic acids is 1. The quantitative estimate of drug-likeness (QED) is 0.555. The minimum atomic E-state index is -3.67. The monoisotopic (exact) mass is 419 g/mol. The van der Waals surface area contributed by atoms with Gasteiger partial charge in [0.1, 0.15) is 5.75 Å². The van der Waals surface area contributed by atoms with Gasteiger partial charge in [0, 0.05) is 19.2 Å². The molecule has 0 spiro atoms. The Morgan fingerprint density at radius 3 is 2.34 bits per heavy atom. The summed E-state index contributed by atoms with van der Waals surface area (Å²) in [4.78, 5) is 12.5.